The average Bonchev–Trinajstić information content (AvgIpc) is 2.35. The minimum absolute atomic E-state index is 0.456. The summed E-state index contributed by atoms with van der Waals surface area (Å²) in [6.45, 7) is 1.05. The molecule has 2 nitrogen and oxygen atoms in total. The van der Waals surface area contributed by atoms with Gasteiger partial charge in [-0.3, -0.25) is 0 Å². The molecular weight excluding hydrogens is 112 g/mol. The number of hydrogen-bond acceptors (Lipinski definition) is 2. The van der Waals surface area contributed by atoms with Crippen LogP contribution in [0.15, 0.2) is 0 Å². The summed E-state index contributed by atoms with van der Waals surface area (Å²) in [4.78, 5) is 0. The van der Waals surface area contributed by atoms with Crippen LogP contribution < -0.4 is 11.1 Å². The highest BCUT2D eigenvalue weighted by atomic mass is 15.0. The van der Waals surface area contributed by atoms with Crippen molar-refractivity contribution in [1.82, 2.24) is 5.32 Å². The molecule has 3 atom stereocenters. The lowest BCUT2D eigenvalue weighted by Gasteiger charge is -2.10. The van der Waals surface area contributed by atoms with Gasteiger partial charge >= 0.3 is 0 Å². The molecule has 2 heteroatoms. The minimum Gasteiger partial charge on any atom is -0.326 e. The molecule has 9 heavy (non-hydrogen) atoms. The maximum absolute atomic E-state index is 5.86. The molecule has 1 heterocycles. The molecule has 2 fully saturated rings. The highest BCUT2D eigenvalue weighted by molar-refractivity contribution is 4.96. The Morgan fingerprint density at radius 2 is 2.22 bits per heavy atom. The second-order valence-corrected chi connectivity index (χ2v) is 3.27. The molecule has 0 spiro atoms. The number of nitrogens with two attached hydrogens (primary N) is 1. The normalized spacial score (nSPS) is 49.7. The fourth-order valence-electron chi connectivity index (χ4n) is 2.19. The van der Waals surface area contributed by atoms with Crippen LogP contribution in [0.4, 0.5) is 0 Å². The summed E-state index contributed by atoms with van der Waals surface area (Å²) in [5, 5.41) is 3.44. The van der Waals surface area contributed by atoms with Gasteiger partial charge in [0, 0.05) is 18.6 Å². The molecule has 0 amide bonds. The summed E-state index contributed by atoms with van der Waals surface area (Å²) < 4.78 is 0. The van der Waals surface area contributed by atoms with Crippen molar-refractivity contribution < 1.29 is 0 Å². The first-order chi connectivity index (χ1) is 4.38. The summed E-state index contributed by atoms with van der Waals surface area (Å²) in [5.74, 6) is 0.810. The van der Waals surface area contributed by atoms with E-state index in [4.69, 9.17) is 5.73 Å². The van der Waals surface area contributed by atoms with E-state index in [9.17, 15) is 0 Å². The van der Waals surface area contributed by atoms with Crippen LogP contribution in [0.3, 0.4) is 0 Å². The average molecular weight is 126 g/mol. The first-order valence-electron chi connectivity index (χ1n) is 3.87. The van der Waals surface area contributed by atoms with Crippen molar-refractivity contribution in [2.45, 2.75) is 31.3 Å². The smallest absolute Gasteiger partial charge is 0.0209 e. The lowest BCUT2D eigenvalue weighted by molar-refractivity contribution is 0.476. The van der Waals surface area contributed by atoms with Crippen molar-refractivity contribution in [2.75, 3.05) is 6.54 Å². The van der Waals surface area contributed by atoms with E-state index in [-0.39, 0.29) is 0 Å². The van der Waals surface area contributed by atoms with Gasteiger partial charge in [0.25, 0.3) is 0 Å². The Hall–Kier alpha value is -0.0800. The molecule has 2 aliphatic rings. The fraction of sp³-hybridized carbons (Fsp3) is 1.00. The highest BCUT2D eigenvalue weighted by Gasteiger charge is 2.36. The van der Waals surface area contributed by atoms with Crippen molar-refractivity contribution in [1.29, 1.82) is 0 Å². The Morgan fingerprint density at radius 3 is 3.00 bits per heavy atom. The highest BCUT2D eigenvalue weighted by Crippen LogP contribution is 2.30. The van der Waals surface area contributed by atoms with Gasteiger partial charge in [-0.1, -0.05) is 6.42 Å². The minimum atomic E-state index is 0.456. The van der Waals surface area contributed by atoms with Crippen LogP contribution >= 0.6 is 0 Å². The summed E-state index contributed by atoms with van der Waals surface area (Å²) in [5.41, 5.74) is 5.86. The van der Waals surface area contributed by atoms with Gasteiger partial charge in [-0.15, -0.1) is 0 Å². The van der Waals surface area contributed by atoms with E-state index in [1.807, 2.05) is 0 Å². The van der Waals surface area contributed by atoms with E-state index in [1.54, 1.807) is 0 Å². The van der Waals surface area contributed by atoms with Gasteiger partial charge in [0.05, 0.1) is 0 Å². The van der Waals surface area contributed by atoms with Crippen LogP contribution in [0.25, 0.3) is 0 Å². The van der Waals surface area contributed by atoms with E-state index >= 15 is 0 Å². The third-order valence-electron chi connectivity index (χ3n) is 2.74. The number of nitrogens with one attached hydrogen (secondary N) is 1. The molecule has 1 aliphatic carbocycles. The van der Waals surface area contributed by atoms with Crippen LogP contribution in [0, 0.1) is 5.92 Å². The zero-order valence-corrected chi connectivity index (χ0v) is 5.64. The second-order valence-electron chi connectivity index (χ2n) is 3.27. The van der Waals surface area contributed by atoms with Crippen molar-refractivity contribution in [3.05, 3.63) is 0 Å². The van der Waals surface area contributed by atoms with Crippen LogP contribution in [-0.2, 0) is 0 Å². The predicted octanol–water partition coefficient (Wildman–Crippen LogP) is 0.0856. The van der Waals surface area contributed by atoms with Gasteiger partial charge < -0.3 is 11.1 Å². The monoisotopic (exact) mass is 126 g/mol. The molecule has 3 unspecified atom stereocenters. The Bertz CT molecular complexity index is 113. The van der Waals surface area contributed by atoms with Crippen LogP contribution in [-0.4, -0.2) is 18.6 Å². The predicted molar refractivity (Wildman–Crippen MR) is 37.1 cm³/mol. The third-order valence-corrected chi connectivity index (χ3v) is 2.74. The van der Waals surface area contributed by atoms with Gasteiger partial charge in [-0.2, -0.15) is 0 Å². The number of fused-ring (bicyclic) bond motifs is 1. The van der Waals surface area contributed by atoms with E-state index in [0.717, 1.165) is 18.5 Å². The SMILES string of the molecule is NC1CNC2CCCC12. The van der Waals surface area contributed by atoms with Crippen molar-refractivity contribution in [3.63, 3.8) is 0 Å². The molecule has 1 saturated heterocycles. The molecule has 0 bridgehead atoms. The fourth-order valence-corrected chi connectivity index (χ4v) is 2.19. The van der Waals surface area contributed by atoms with Gasteiger partial charge in [0.2, 0.25) is 0 Å². The topological polar surface area (TPSA) is 38.0 Å². The Labute approximate surface area is 55.8 Å². The largest absolute Gasteiger partial charge is 0.326 e. The van der Waals surface area contributed by atoms with Crippen molar-refractivity contribution >= 4 is 0 Å². The molecule has 0 aromatic carbocycles. The van der Waals surface area contributed by atoms with Crippen molar-refractivity contribution in [3.8, 4) is 0 Å². The summed E-state index contributed by atoms with van der Waals surface area (Å²) in [6, 6.07) is 1.23. The quantitative estimate of drug-likeness (QED) is 0.482. The molecule has 52 valence electrons. The molecule has 2 rings (SSSR count). The molecular formula is C7H14N2. The maximum atomic E-state index is 5.86. The summed E-state index contributed by atoms with van der Waals surface area (Å²) >= 11 is 0. The second kappa shape index (κ2) is 1.96. The van der Waals surface area contributed by atoms with E-state index < -0.39 is 0 Å². The van der Waals surface area contributed by atoms with E-state index in [0.29, 0.717) is 6.04 Å². The lowest BCUT2D eigenvalue weighted by Crippen LogP contribution is -2.28. The molecule has 1 saturated carbocycles. The molecule has 0 aromatic rings. The van der Waals surface area contributed by atoms with Gasteiger partial charge in [-0.05, 0) is 18.8 Å². The number of rotatable bonds is 0. The Balaban J connectivity index is 2.07. The molecule has 3 N–H and O–H groups in total. The zero-order valence-electron chi connectivity index (χ0n) is 5.64. The van der Waals surface area contributed by atoms with Gasteiger partial charge in [0.15, 0.2) is 0 Å². The van der Waals surface area contributed by atoms with Crippen LogP contribution in [0.1, 0.15) is 19.3 Å². The third kappa shape index (κ3) is 0.775. The van der Waals surface area contributed by atoms with E-state index in [1.165, 1.54) is 19.3 Å². The van der Waals surface area contributed by atoms with Crippen LogP contribution in [0.5, 0.6) is 0 Å². The van der Waals surface area contributed by atoms with Gasteiger partial charge in [0.1, 0.15) is 0 Å². The Morgan fingerprint density at radius 1 is 1.33 bits per heavy atom. The maximum Gasteiger partial charge on any atom is 0.0209 e. The standard InChI is InChI=1S/C7H14N2/c8-6-4-9-7-3-1-2-5(6)7/h5-7,9H,1-4,8H2. The van der Waals surface area contributed by atoms with Gasteiger partial charge in [-0.25, -0.2) is 0 Å². The molecule has 0 aromatic heterocycles. The lowest BCUT2D eigenvalue weighted by atomic mass is 10.0. The van der Waals surface area contributed by atoms with Crippen molar-refractivity contribution in [2.24, 2.45) is 11.7 Å². The Kier molecular flexibility index (Phi) is 1.24. The summed E-state index contributed by atoms with van der Waals surface area (Å²) in [6.07, 6.45) is 4.10. The first-order valence-corrected chi connectivity index (χ1v) is 3.87. The van der Waals surface area contributed by atoms with E-state index in [2.05, 4.69) is 5.32 Å². The first kappa shape index (κ1) is 5.69. The zero-order chi connectivity index (χ0) is 6.27. The van der Waals surface area contributed by atoms with Crippen LogP contribution in [0.2, 0.25) is 0 Å². The molecule has 1 aliphatic heterocycles. The summed E-state index contributed by atoms with van der Waals surface area (Å²) in [7, 11) is 0. The molecule has 0 radical (unpaired) electrons. The number of hydrogen-bond donors (Lipinski definition) is 2.